The van der Waals surface area contributed by atoms with Gasteiger partial charge in [-0.15, -0.1) is 0 Å². The maximum absolute atomic E-state index is 11.3. The van der Waals surface area contributed by atoms with Crippen molar-refractivity contribution in [2.75, 3.05) is 5.43 Å². The van der Waals surface area contributed by atoms with Crippen molar-refractivity contribution in [1.82, 2.24) is 10.2 Å². The average molecular weight is 277 g/mol. The van der Waals surface area contributed by atoms with E-state index in [1.807, 2.05) is 38.1 Å². The summed E-state index contributed by atoms with van der Waals surface area (Å²) < 4.78 is 0. The highest BCUT2D eigenvalue weighted by Gasteiger charge is 2.05. The molecule has 0 saturated carbocycles. The highest BCUT2D eigenvalue weighted by atomic mass is 35.5. The molecule has 0 radical (unpaired) electrons. The normalized spacial score (nSPS) is 11.4. The fourth-order valence-electron chi connectivity index (χ4n) is 1.64. The molecule has 98 valence electrons. The van der Waals surface area contributed by atoms with Crippen molar-refractivity contribution in [2.24, 2.45) is 5.10 Å². The average Bonchev–Trinajstić information content (AvgIpc) is 2.40. The molecule has 1 aromatic carbocycles. The minimum Gasteiger partial charge on any atom is -0.275 e. The second-order valence-electron chi connectivity index (χ2n) is 4.05. The largest absolute Gasteiger partial charge is 0.285 e. The molecule has 0 spiro atoms. The molecule has 0 saturated heterocycles. The van der Waals surface area contributed by atoms with Gasteiger partial charge in [0.1, 0.15) is 10.7 Å². The lowest BCUT2D eigenvalue weighted by molar-refractivity contribution is 0.986. The van der Waals surface area contributed by atoms with Gasteiger partial charge in [0, 0.05) is 5.56 Å². The van der Waals surface area contributed by atoms with Crippen molar-refractivity contribution in [2.45, 2.75) is 13.8 Å². The molecule has 1 aromatic heterocycles. The maximum Gasteiger partial charge on any atom is 0.285 e. The summed E-state index contributed by atoms with van der Waals surface area (Å²) in [6.07, 6.45) is 1.42. The summed E-state index contributed by atoms with van der Waals surface area (Å²) in [4.78, 5) is 11.3. The van der Waals surface area contributed by atoms with Crippen LogP contribution >= 0.6 is 11.6 Å². The summed E-state index contributed by atoms with van der Waals surface area (Å²) in [6, 6.07) is 7.91. The number of aromatic amines is 1. The van der Waals surface area contributed by atoms with Gasteiger partial charge in [0.2, 0.25) is 0 Å². The van der Waals surface area contributed by atoms with Gasteiger partial charge >= 0.3 is 0 Å². The van der Waals surface area contributed by atoms with Crippen molar-refractivity contribution in [3.63, 3.8) is 0 Å². The summed E-state index contributed by atoms with van der Waals surface area (Å²) in [5.74, 6) is 0. The van der Waals surface area contributed by atoms with Gasteiger partial charge in [-0.25, -0.2) is 5.10 Å². The lowest BCUT2D eigenvalue weighted by Crippen LogP contribution is -2.11. The Morgan fingerprint density at radius 1 is 1.42 bits per heavy atom. The molecule has 0 aliphatic carbocycles. The van der Waals surface area contributed by atoms with Gasteiger partial charge in [-0.3, -0.25) is 10.2 Å². The lowest BCUT2D eigenvalue weighted by atomic mass is 10.1. The first-order valence-corrected chi connectivity index (χ1v) is 6.07. The van der Waals surface area contributed by atoms with Crippen molar-refractivity contribution < 1.29 is 0 Å². The third kappa shape index (κ3) is 3.00. The van der Waals surface area contributed by atoms with E-state index in [0.29, 0.717) is 5.69 Å². The fourth-order valence-corrected chi connectivity index (χ4v) is 1.78. The predicted molar refractivity (Wildman–Crippen MR) is 76.9 cm³/mol. The topological polar surface area (TPSA) is 70.1 Å². The number of hydrazone groups is 1. The van der Waals surface area contributed by atoms with E-state index in [2.05, 4.69) is 20.7 Å². The van der Waals surface area contributed by atoms with Crippen LogP contribution < -0.4 is 11.0 Å². The van der Waals surface area contributed by atoms with Crippen LogP contribution in [0.25, 0.3) is 0 Å². The number of H-pyrrole nitrogens is 1. The molecule has 0 atom stereocenters. The van der Waals surface area contributed by atoms with Crippen LogP contribution in [0.2, 0.25) is 5.02 Å². The number of anilines is 1. The molecule has 5 nitrogen and oxygen atoms in total. The molecule has 1 heterocycles. The molecule has 0 amide bonds. The summed E-state index contributed by atoms with van der Waals surface area (Å²) in [5, 5.41) is 10.2. The van der Waals surface area contributed by atoms with Crippen molar-refractivity contribution in [1.29, 1.82) is 0 Å². The Balaban J connectivity index is 2.26. The standard InChI is InChI=1S/C13H13ClN4O/c1-8-5-3-4-6-10(8)9(2)16-17-11-7-15-18-13(19)12(11)14/h3-7H,1-2H3,(H2,17,18,19)/b16-9-. The van der Waals surface area contributed by atoms with Gasteiger partial charge in [-0.05, 0) is 19.4 Å². The van der Waals surface area contributed by atoms with Gasteiger partial charge in [0.15, 0.2) is 0 Å². The number of aromatic nitrogens is 2. The van der Waals surface area contributed by atoms with Crippen LogP contribution in [0.5, 0.6) is 0 Å². The Labute approximate surface area is 115 Å². The van der Waals surface area contributed by atoms with Gasteiger partial charge < -0.3 is 0 Å². The van der Waals surface area contributed by atoms with Crippen LogP contribution in [0, 0.1) is 6.92 Å². The molecule has 0 aliphatic heterocycles. The van der Waals surface area contributed by atoms with Crippen LogP contribution in [0.1, 0.15) is 18.1 Å². The number of halogens is 1. The first-order chi connectivity index (χ1) is 9.09. The molecule has 2 rings (SSSR count). The van der Waals surface area contributed by atoms with E-state index in [1.54, 1.807) is 0 Å². The van der Waals surface area contributed by atoms with E-state index < -0.39 is 5.56 Å². The second kappa shape index (κ2) is 5.67. The lowest BCUT2D eigenvalue weighted by Gasteiger charge is -2.06. The first-order valence-electron chi connectivity index (χ1n) is 5.69. The molecule has 6 heteroatoms. The number of hydrogen-bond acceptors (Lipinski definition) is 4. The van der Waals surface area contributed by atoms with E-state index in [9.17, 15) is 4.79 Å². The minimum atomic E-state index is -0.449. The third-order valence-electron chi connectivity index (χ3n) is 2.67. The molecule has 2 aromatic rings. The highest BCUT2D eigenvalue weighted by molar-refractivity contribution is 6.32. The summed E-state index contributed by atoms with van der Waals surface area (Å²) in [7, 11) is 0. The summed E-state index contributed by atoms with van der Waals surface area (Å²) in [5.41, 5.74) is 5.63. The zero-order chi connectivity index (χ0) is 13.8. The molecule has 0 aliphatic rings. The third-order valence-corrected chi connectivity index (χ3v) is 3.05. The van der Waals surface area contributed by atoms with Crippen LogP contribution in [0.15, 0.2) is 40.4 Å². The van der Waals surface area contributed by atoms with Crippen LogP contribution in [0.3, 0.4) is 0 Å². The number of hydrogen-bond donors (Lipinski definition) is 2. The monoisotopic (exact) mass is 276 g/mol. The molecule has 2 N–H and O–H groups in total. The van der Waals surface area contributed by atoms with Gasteiger partial charge in [0.05, 0.1) is 11.9 Å². The zero-order valence-electron chi connectivity index (χ0n) is 10.6. The molecule has 0 bridgehead atoms. The Hall–Kier alpha value is -2.14. The Bertz CT molecular complexity index is 678. The molecule has 19 heavy (non-hydrogen) atoms. The van der Waals surface area contributed by atoms with Gasteiger partial charge in [0.25, 0.3) is 5.56 Å². The fraction of sp³-hybridized carbons (Fsp3) is 0.154. The van der Waals surface area contributed by atoms with Crippen molar-refractivity contribution in [3.8, 4) is 0 Å². The van der Waals surface area contributed by atoms with E-state index in [-0.39, 0.29) is 5.02 Å². The number of nitrogens with one attached hydrogen (secondary N) is 2. The Morgan fingerprint density at radius 2 is 2.16 bits per heavy atom. The number of aryl methyl sites for hydroxylation is 1. The van der Waals surface area contributed by atoms with Crippen LogP contribution in [0.4, 0.5) is 5.69 Å². The highest BCUT2D eigenvalue weighted by Crippen LogP contribution is 2.15. The number of rotatable bonds is 3. The zero-order valence-corrected chi connectivity index (χ0v) is 11.3. The molecule has 0 fully saturated rings. The van der Waals surface area contributed by atoms with E-state index >= 15 is 0 Å². The SMILES string of the molecule is C/C(=N/Nc1cn[nH]c(=O)c1Cl)c1ccccc1C. The Morgan fingerprint density at radius 3 is 2.89 bits per heavy atom. The summed E-state index contributed by atoms with van der Waals surface area (Å²) in [6.45, 7) is 3.89. The van der Waals surface area contributed by atoms with E-state index in [4.69, 9.17) is 11.6 Å². The van der Waals surface area contributed by atoms with Crippen molar-refractivity contribution in [3.05, 3.63) is 57.0 Å². The summed E-state index contributed by atoms with van der Waals surface area (Å²) >= 11 is 5.84. The van der Waals surface area contributed by atoms with Crippen molar-refractivity contribution >= 4 is 23.0 Å². The van der Waals surface area contributed by atoms with Crippen LogP contribution in [-0.4, -0.2) is 15.9 Å². The van der Waals surface area contributed by atoms with E-state index in [1.165, 1.54) is 6.20 Å². The second-order valence-corrected chi connectivity index (χ2v) is 4.43. The molecule has 0 unspecified atom stereocenters. The quantitative estimate of drug-likeness (QED) is 0.669. The van der Waals surface area contributed by atoms with Crippen LogP contribution in [-0.2, 0) is 0 Å². The first kappa shape index (κ1) is 13.3. The van der Waals surface area contributed by atoms with Gasteiger partial charge in [-0.2, -0.15) is 10.2 Å². The predicted octanol–water partition coefficient (Wildman–Crippen LogP) is 2.57. The smallest absolute Gasteiger partial charge is 0.275 e. The number of benzene rings is 1. The van der Waals surface area contributed by atoms with E-state index in [0.717, 1.165) is 16.8 Å². The molecular weight excluding hydrogens is 264 g/mol. The van der Waals surface area contributed by atoms with Gasteiger partial charge in [-0.1, -0.05) is 35.9 Å². The number of nitrogens with zero attached hydrogens (tertiary/aromatic N) is 2. The minimum absolute atomic E-state index is 0.0383. The Kier molecular flexibility index (Phi) is 3.97. The molecular formula is C13H13ClN4O. The maximum atomic E-state index is 11.3.